The van der Waals surface area contributed by atoms with E-state index in [0.717, 1.165) is 28.2 Å². The third kappa shape index (κ3) is 2.71. The molecule has 2 rings (SSSR count). The van der Waals surface area contributed by atoms with Crippen LogP contribution >= 0.6 is 0 Å². The molecule has 0 atom stereocenters. The third-order valence-corrected chi connectivity index (χ3v) is 3.18. The Bertz CT molecular complexity index is 579. The minimum atomic E-state index is 0.496. The molecule has 0 unspecified atom stereocenters. The molecule has 2 N–H and O–H groups in total. The van der Waals surface area contributed by atoms with Crippen LogP contribution in [0.3, 0.4) is 0 Å². The van der Waals surface area contributed by atoms with Crippen LogP contribution in [0.15, 0.2) is 36.4 Å². The molecular weight excluding hydrogens is 238 g/mol. The van der Waals surface area contributed by atoms with Crippen LogP contribution in [0.2, 0.25) is 0 Å². The van der Waals surface area contributed by atoms with E-state index in [2.05, 4.69) is 25.1 Å². The number of ether oxygens (including phenoxy) is 2. The number of hydrogen-bond acceptors (Lipinski definition) is 3. The molecule has 3 heteroatoms. The van der Waals surface area contributed by atoms with Gasteiger partial charge in [-0.1, -0.05) is 23.8 Å². The molecule has 100 valence electrons. The second-order valence-corrected chi connectivity index (χ2v) is 4.43. The predicted molar refractivity (Wildman–Crippen MR) is 77.6 cm³/mol. The lowest BCUT2D eigenvalue weighted by atomic mass is 9.96. The van der Waals surface area contributed by atoms with Gasteiger partial charge in [0.05, 0.1) is 14.2 Å². The van der Waals surface area contributed by atoms with Crippen molar-refractivity contribution >= 4 is 0 Å². The number of nitrogens with two attached hydrogens (primary N) is 1. The van der Waals surface area contributed by atoms with Gasteiger partial charge < -0.3 is 15.2 Å². The Morgan fingerprint density at radius 3 is 2.37 bits per heavy atom. The molecule has 0 amide bonds. The van der Waals surface area contributed by atoms with Gasteiger partial charge in [0.2, 0.25) is 0 Å². The van der Waals surface area contributed by atoms with Gasteiger partial charge in [-0.25, -0.2) is 0 Å². The Morgan fingerprint density at radius 2 is 1.74 bits per heavy atom. The maximum atomic E-state index is 5.83. The summed E-state index contributed by atoms with van der Waals surface area (Å²) in [6, 6.07) is 12.0. The van der Waals surface area contributed by atoms with Crippen LogP contribution < -0.4 is 15.2 Å². The van der Waals surface area contributed by atoms with Gasteiger partial charge >= 0.3 is 0 Å². The highest BCUT2D eigenvalue weighted by Crippen LogP contribution is 2.35. The summed E-state index contributed by atoms with van der Waals surface area (Å²) in [5.74, 6) is 1.63. The third-order valence-electron chi connectivity index (χ3n) is 3.18. The summed E-state index contributed by atoms with van der Waals surface area (Å²) >= 11 is 0. The first-order valence-corrected chi connectivity index (χ1v) is 6.21. The summed E-state index contributed by atoms with van der Waals surface area (Å²) in [6.45, 7) is 2.56. The minimum Gasteiger partial charge on any atom is -0.497 e. The van der Waals surface area contributed by atoms with E-state index in [-0.39, 0.29) is 0 Å². The number of methoxy groups -OCH3 is 2. The van der Waals surface area contributed by atoms with Crippen LogP contribution in [0.5, 0.6) is 11.5 Å². The molecule has 2 aromatic rings. The maximum Gasteiger partial charge on any atom is 0.126 e. The van der Waals surface area contributed by atoms with E-state index in [4.69, 9.17) is 15.2 Å². The molecule has 0 fully saturated rings. The molecule has 0 aliphatic carbocycles. The Morgan fingerprint density at radius 1 is 0.947 bits per heavy atom. The quantitative estimate of drug-likeness (QED) is 0.915. The highest BCUT2D eigenvalue weighted by Gasteiger charge is 2.11. The van der Waals surface area contributed by atoms with Gasteiger partial charge in [0.25, 0.3) is 0 Å². The summed E-state index contributed by atoms with van der Waals surface area (Å²) < 4.78 is 10.7. The predicted octanol–water partition coefficient (Wildman–Crippen LogP) is 3.14. The summed E-state index contributed by atoms with van der Waals surface area (Å²) in [7, 11) is 3.33. The fraction of sp³-hybridized carbons (Fsp3) is 0.250. The van der Waals surface area contributed by atoms with Gasteiger partial charge in [0, 0.05) is 12.1 Å². The molecule has 19 heavy (non-hydrogen) atoms. The largest absolute Gasteiger partial charge is 0.497 e. The van der Waals surface area contributed by atoms with E-state index >= 15 is 0 Å². The Labute approximate surface area is 114 Å². The molecule has 0 aliphatic heterocycles. The highest BCUT2D eigenvalue weighted by atomic mass is 16.5. The van der Waals surface area contributed by atoms with Crippen LogP contribution in [-0.4, -0.2) is 14.2 Å². The fourth-order valence-corrected chi connectivity index (χ4v) is 2.14. The van der Waals surface area contributed by atoms with Crippen molar-refractivity contribution in [2.24, 2.45) is 5.73 Å². The van der Waals surface area contributed by atoms with E-state index in [9.17, 15) is 0 Å². The van der Waals surface area contributed by atoms with Crippen molar-refractivity contribution in [2.75, 3.05) is 14.2 Å². The molecule has 0 heterocycles. The first kappa shape index (κ1) is 13.4. The monoisotopic (exact) mass is 257 g/mol. The molecule has 0 spiro atoms. The summed E-state index contributed by atoms with van der Waals surface area (Å²) in [5.41, 5.74) is 10.2. The fourth-order valence-electron chi connectivity index (χ4n) is 2.14. The second-order valence-electron chi connectivity index (χ2n) is 4.43. The van der Waals surface area contributed by atoms with Gasteiger partial charge in [-0.15, -0.1) is 0 Å². The SMILES string of the molecule is COc1ccc(OC)c(-c2cc(C)ccc2CN)c1. The van der Waals surface area contributed by atoms with E-state index in [0.29, 0.717) is 6.54 Å². The van der Waals surface area contributed by atoms with Crippen molar-refractivity contribution in [2.45, 2.75) is 13.5 Å². The van der Waals surface area contributed by atoms with E-state index in [1.807, 2.05) is 18.2 Å². The lowest BCUT2D eigenvalue weighted by molar-refractivity contribution is 0.404. The van der Waals surface area contributed by atoms with Gasteiger partial charge in [-0.05, 0) is 36.2 Å². The summed E-state index contributed by atoms with van der Waals surface area (Å²) in [5, 5.41) is 0. The molecule has 3 nitrogen and oxygen atoms in total. The molecule has 0 aliphatic rings. The van der Waals surface area contributed by atoms with Crippen molar-refractivity contribution in [3.8, 4) is 22.6 Å². The summed E-state index contributed by atoms with van der Waals surface area (Å²) in [6.07, 6.45) is 0. The van der Waals surface area contributed by atoms with Gasteiger partial charge in [0.15, 0.2) is 0 Å². The van der Waals surface area contributed by atoms with E-state index in [1.165, 1.54) is 5.56 Å². The zero-order chi connectivity index (χ0) is 13.8. The van der Waals surface area contributed by atoms with Crippen molar-refractivity contribution in [3.05, 3.63) is 47.5 Å². The first-order chi connectivity index (χ1) is 9.19. The molecular formula is C16H19NO2. The Balaban J connectivity index is 2.65. The first-order valence-electron chi connectivity index (χ1n) is 6.21. The highest BCUT2D eigenvalue weighted by molar-refractivity contribution is 5.75. The number of benzene rings is 2. The lowest BCUT2D eigenvalue weighted by Crippen LogP contribution is -2.00. The average Bonchev–Trinajstić information content (AvgIpc) is 2.46. The van der Waals surface area contributed by atoms with Gasteiger partial charge in [-0.2, -0.15) is 0 Å². The molecule has 0 saturated carbocycles. The molecule has 0 radical (unpaired) electrons. The van der Waals surface area contributed by atoms with Crippen molar-refractivity contribution in [3.63, 3.8) is 0 Å². The van der Waals surface area contributed by atoms with Crippen LogP contribution in [0.25, 0.3) is 11.1 Å². The number of aryl methyl sites for hydroxylation is 1. The van der Waals surface area contributed by atoms with Crippen LogP contribution in [0, 0.1) is 6.92 Å². The second kappa shape index (κ2) is 5.76. The van der Waals surface area contributed by atoms with Gasteiger partial charge in [-0.3, -0.25) is 0 Å². The van der Waals surface area contributed by atoms with Crippen molar-refractivity contribution in [1.29, 1.82) is 0 Å². The Kier molecular flexibility index (Phi) is 4.07. The molecule has 0 bridgehead atoms. The van der Waals surface area contributed by atoms with Crippen molar-refractivity contribution in [1.82, 2.24) is 0 Å². The van der Waals surface area contributed by atoms with Crippen LogP contribution in [0.4, 0.5) is 0 Å². The molecule has 0 saturated heterocycles. The molecule has 0 aromatic heterocycles. The number of hydrogen-bond donors (Lipinski definition) is 1. The van der Waals surface area contributed by atoms with E-state index < -0.39 is 0 Å². The average molecular weight is 257 g/mol. The zero-order valence-electron chi connectivity index (χ0n) is 11.6. The zero-order valence-corrected chi connectivity index (χ0v) is 11.6. The smallest absolute Gasteiger partial charge is 0.126 e. The van der Waals surface area contributed by atoms with E-state index in [1.54, 1.807) is 14.2 Å². The minimum absolute atomic E-state index is 0.496. The van der Waals surface area contributed by atoms with Crippen LogP contribution in [-0.2, 0) is 6.54 Å². The number of rotatable bonds is 4. The maximum absolute atomic E-state index is 5.83. The summed E-state index contributed by atoms with van der Waals surface area (Å²) in [4.78, 5) is 0. The van der Waals surface area contributed by atoms with Crippen LogP contribution in [0.1, 0.15) is 11.1 Å². The molecule has 2 aromatic carbocycles. The Hall–Kier alpha value is -2.00. The van der Waals surface area contributed by atoms with Crippen molar-refractivity contribution < 1.29 is 9.47 Å². The topological polar surface area (TPSA) is 44.5 Å². The lowest BCUT2D eigenvalue weighted by Gasteiger charge is -2.14. The standard InChI is InChI=1S/C16H19NO2/c1-11-4-5-12(10-17)14(8-11)15-9-13(18-2)6-7-16(15)19-3/h4-9H,10,17H2,1-3H3. The normalized spacial score (nSPS) is 10.3. The van der Waals surface area contributed by atoms with Gasteiger partial charge in [0.1, 0.15) is 11.5 Å².